The van der Waals surface area contributed by atoms with Crippen molar-refractivity contribution in [2.45, 2.75) is 83.0 Å². The van der Waals surface area contributed by atoms with E-state index in [0.717, 1.165) is 24.1 Å². The van der Waals surface area contributed by atoms with Crippen LogP contribution in [0.1, 0.15) is 57.1 Å². The maximum atomic E-state index is 14.2. The summed E-state index contributed by atoms with van der Waals surface area (Å²) in [5.41, 5.74) is 0.859. The third-order valence-corrected chi connectivity index (χ3v) is 8.24. The van der Waals surface area contributed by atoms with Crippen molar-refractivity contribution in [1.82, 2.24) is 20.0 Å². The summed E-state index contributed by atoms with van der Waals surface area (Å²) in [6.45, 7) is 4.02. The van der Waals surface area contributed by atoms with Gasteiger partial charge in [-0.15, -0.1) is 0 Å². The topological polar surface area (TPSA) is 110 Å². The summed E-state index contributed by atoms with van der Waals surface area (Å²) in [6, 6.07) is 7.84. The van der Waals surface area contributed by atoms with Crippen molar-refractivity contribution in [3.8, 4) is 0 Å². The molecule has 2 N–H and O–H groups in total. The molecule has 2 aromatic carbocycles. The summed E-state index contributed by atoms with van der Waals surface area (Å²) < 4.78 is 40.9. The zero-order valence-electron chi connectivity index (χ0n) is 26.3. The van der Waals surface area contributed by atoms with Gasteiger partial charge >= 0.3 is 0 Å². The number of aliphatic hydroxyl groups excluding tert-OH is 1. The van der Waals surface area contributed by atoms with Crippen LogP contribution >= 0.6 is 0 Å². The van der Waals surface area contributed by atoms with E-state index < -0.39 is 59.4 Å². The second kappa shape index (κ2) is 16.4. The van der Waals surface area contributed by atoms with Gasteiger partial charge in [-0.3, -0.25) is 19.2 Å². The van der Waals surface area contributed by atoms with Gasteiger partial charge in [-0.2, -0.15) is 0 Å². The number of rotatable bonds is 14. The van der Waals surface area contributed by atoms with Crippen LogP contribution in [0.5, 0.6) is 0 Å². The molecule has 45 heavy (non-hydrogen) atoms. The van der Waals surface area contributed by atoms with E-state index in [0.29, 0.717) is 19.4 Å². The molecule has 2 aromatic rings. The van der Waals surface area contributed by atoms with Crippen LogP contribution in [0.4, 0.5) is 13.2 Å². The van der Waals surface area contributed by atoms with E-state index in [1.165, 1.54) is 28.8 Å². The first-order valence-electron chi connectivity index (χ1n) is 15.3. The summed E-state index contributed by atoms with van der Waals surface area (Å²) in [5.74, 6) is -6.12. The molecular weight excluding hydrogens is 589 g/mol. The number of halogens is 3. The number of hydrogen-bond donors (Lipinski definition) is 2. The third-order valence-electron chi connectivity index (χ3n) is 8.24. The Bertz CT molecular complexity index is 1320. The lowest BCUT2D eigenvalue weighted by molar-refractivity contribution is -0.151. The van der Waals surface area contributed by atoms with Crippen molar-refractivity contribution in [1.29, 1.82) is 0 Å². The van der Waals surface area contributed by atoms with Crippen molar-refractivity contribution in [3.63, 3.8) is 0 Å². The van der Waals surface area contributed by atoms with Gasteiger partial charge in [0, 0.05) is 46.4 Å². The summed E-state index contributed by atoms with van der Waals surface area (Å²) in [6.07, 6.45) is 0.701. The highest BCUT2D eigenvalue weighted by atomic mass is 19.2. The molecule has 4 atom stereocenters. The molecule has 12 heteroatoms. The molecule has 2 unspecified atom stereocenters. The van der Waals surface area contributed by atoms with E-state index in [9.17, 15) is 37.5 Å². The minimum Gasteiger partial charge on any atom is -0.391 e. The lowest BCUT2D eigenvalue weighted by Gasteiger charge is -2.37. The standard InChI is InChI=1S/C33H43F3N4O5/c1-5-7-13-26(33(45)40-20-23(41)19-27(40)31(43)37-6-2)39(4)32(44)28(18-21-11-9-8-10-12-21)38(3)29(42)15-14-22-16-24(34)30(36)25(35)17-22/h8-12,16-17,23,26-28,41H,5-7,13-15,18-20H2,1-4H3,(H,37,43)/t23?,26-,27?,28-/m0/s1. The van der Waals surface area contributed by atoms with Crippen LogP contribution in [0, 0.1) is 17.5 Å². The molecule has 3 rings (SSSR count). The lowest BCUT2D eigenvalue weighted by atomic mass is 10.00. The second-order valence-corrected chi connectivity index (χ2v) is 11.5. The fourth-order valence-electron chi connectivity index (χ4n) is 5.64. The molecule has 0 aliphatic carbocycles. The maximum Gasteiger partial charge on any atom is 0.246 e. The third kappa shape index (κ3) is 9.06. The summed E-state index contributed by atoms with van der Waals surface area (Å²) in [7, 11) is 2.95. The zero-order valence-corrected chi connectivity index (χ0v) is 26.3. The first-order chi connectivity index (χ1) is 21.4. The molecular formula is C33H43F3N4O5. The molecule has 1 saturated heterocycles. The van der Waals surface area contributed by atoms with Crippen LogP contribution in [0.15, 0.2) is 42.5 Å². The van der Waals surface area contributed by atoms with Gasteiger partial charge in [-0.1, -0.05) is 50.1 Å². The quantitative estimate of drug-likeness (QED) is 0.311. The Morgan fingerprint density at radius 1 is 0.978 bits per heavy atom. The van der Waals surface area contributed by atoms with Crippen LogP contribution in [-0.4, -0.2) is 94.8 Å². The highest BCUT2D eigenvalue weighted by Gasteiger charge is 2.43. The van der Waals surface area contributed by atoms with Gasteiger partial charge in [0.05, 0.1) is 6.10 Å². The van der Waals surface area contributed by atoms with Crippen LogP contribution in [0.2, 0.25) is 0 Å². The van der Waals surface area contributed by atoms with Gasteiger partial charge in [0.25, 0.3) is 0 Å². The van der Waals surface area contributed by atoms with Crippen LogP contribution in [-0.2, 0) is 32.0 Å². The van der Waals surface area contributed by atoms with E-state index in [-0.39, 0.29) is 43.7 Å². The number of unbranched alkanes of at least 4 members (excludes halogenated alkanes) is 1. The number of nitrogens with one attached hydrogen (secondary N) is 1. The molecule has 0 aromatic heterocycles. The number of likely N-dealkylation sites (N-methyl/N-ethyl adjacent to an activating group) is 3. The number of amides is 4. The molecule has 0 radical (unpaired) electrons. The van der Waals surface area contributed by atoms with Gasteiger partial charge < -0.3 is 25.1 Å². The van der Waals surface area contributed by atoms with Gasteiger partial charge in [0.2, 0.25) is 23.6 Å². The fraction of sp³-hybridized carbons (Fsp3) is 0.515. The second-order valence-electron chi connectivity index (χ2n) is 11.5. The number of β-amino-alcohol motifs (C(OH)–C–C–N with tert-alkyl or cyclic N) is 1. The lowest BCUT2D eigenvalue weighted by Crippen LogP contribution is -2.57. The van der Waals surface area contributed by atoms with Crippen molar-refractivity contribution in [2.24, 2.45) is 0 Å². The van der Waals surface area contributed by atoms with Gasteiger partial charge in [-0.25, -0.2) is 13.2 Å². The number of hydrogen-bond acceptors (Lipinski definition) is 5. The average Bonchev–Trinajstić information content (AvgIpc) is 3.42. The number of aryl methyl sites for hydroxylation is 1. The molecule has 1 aliphatic heterocycles. The summed E-state index contributed by atoms with van der Waals surface area (Å²) in [4.78, 5) is 58.2. The number of nitrogens with zero attached hydrogens (tertiary/aromatic N) is 3. The highest BCUT2D eigenvalue weighted by Crippen LogP contribution is 2.24. The minimum absolute atomic E-state index is 0.0400. The Kier molecular flexibility index (Phi) is 13.0. The van der Waals surface area contributed by atoms with Gasteiger partial charge in [0.15, 0.2) is 17.5 Å². The fourth-order valence-corrected chi connectivity index (χ4v) is 5.64. The first kappa shape index (κ1) is 35.5. The predicted molar refractivity (Wildman–Crippen MR) is 162 cm³/mol. The molecule has 9 nitrogen and oxygen atoms in total. The number of aliphatic hydroxyl groups is 1. The maximum absolute atomic E-state index is 14.2. The normalized spacial score (nSPS) is 17.5. The van der Waals surface area contributed by atoms with E-state index >= 15 is 0 Å². The van der Waals surface area contributed by atoms with Crippen molar-refractivity contribution in [2.75, 3.05) is 27.2 Å². The van der Waals surface area contributed by atoms with Crippen LogP contribution in [0.25, 0.3) is 0 Å². The Hall–Kier alpha value is -3.93. The van der Waals surface area contributed by atoms with E-state index in [1.54, 1.807) is 19.1 Å². The Labute approximate surface area is 262 Å². The average molecular weight is 633 g/mol. The molecule has 1 fully saturated rings. The predicted octanol–water partition coefficient (Wildman–Crippen LogP) is 3.22. The summed E-state index contributed by atoms with van der Waals surface area (Å²) >= 11 is 0. The van der Waals surface area contributed by atoms with E-state index in [2.05, 4.69) is 5.32 Å². The number of benzene rings is 2. The zero-order chi connectivity index (χ0) is 33.3. The first-order valence-corrected chi connectivity index (χ1v) is 15.3. The van der Waals surface area contributed by atoms with Crippen molar-refractivity contribution >= 4 is 23.6 Å². The van der Waals surface area contributed by atoms with Crippen LogP contribution in [0.3, 0.4) is 0 Å². The Balaban J connectivity index is 1.87. The molecule has 246 valence electrons. The molecule has 0 saturated carbocycles. The molecule has 4 amide bonds. The van der Waals surface area contributed by atoms with Crippen molar-refractivity contribution < 1.29 is 37.5 Å². The molecule has 1 aliphatic rings. The number of likely N-dealkylation sites (tertiary alicyclic amines) is 1. The molecule has 0 spiro atoms. The van der Waals surface area contributed by atoms with Gasteiger partial charge in [-0.05, 0) is 43.0 Å². The molecule has 1 heterocycles. The van der Waals surface area contributed by atoms with Crippen molar-refractivity contribution in [3.05, 3.63) is 71.0 Å². The Morgan fingerprint density at radius 3 is 2.22 bits per heavy atom. The van der Waals surface area contributed by atoms with E-state index in [1.807, 2.05) is 25.1 Å². The largest absolute Gasteiger partial charge is 0.391 e. The Morgan fingerprint density at radius 2 is 1.62 bits per heavy atom. The number of carbonyl (C=O) groups is 4. The monoisotopic (exact) mass is 632 g/mol. The van der Waals surface area contributed by atoms with Crippen LogP contribution < -0.4 is 5.32 Å². The smallest absolute Gasteiger partial charge is 0.246 e. The number of carbonyl (C=O) groups excluding carboxylic acids is 4. The summed E-state index contributed by atoms with van der Waals surface area (Å²) in [5, 5.41) is 13.0. The molecule has 0 bridgehead atoms. The minimum atomic E-state index is -1.59. The van der Waals surface area contributed by atoms with Gasteiger partial charge in [0.1, 0.15) is 18.1 Å². The van der Waals surface area contributed by atoms with E-state index in [4.69, 9.17) is 0 Å². The SMILES string of the molecule is CCCC[C@@H](C(=O)N1CC(O)CC1C(=O)NCC)N(C)C(=O)[C@H](Cc1ccccc1)N(C)C(=O)CCc1cc(F)c(F)c(F)c1. The highest BCUT2D eigenvalue weighted by molar-refractivity contribution is 5.94.